The summed E-state index contributed by atoms with van der Waals surface area (Å²) in [6, 6.07) is 5.20. The fourth-order valence-corrected chi connectivity index (χ4v) is 1.53. The van der Waals surface area contributed by atoms with Gasteiger partial charge in [-0.15, -0.1) is 0 Å². The Morgan fingerprint density at radius 2 is 2.11 bits per heavy atom. The summed E-state index contributed by atoms with van der Waals surface area (Å²) in [6.45, 7) is 3.60. The number of rotatable bonds is 4. The van der Waals surface area contributed by atoms with Crippen molar-refractivity contribution in [3.8, 4) is 0 Å². The van der Waals surface area contributed by atoms with Crippen molar-refractivity contribution in [1.29, 1.82) is 0 Å². The second-order valence-corrected chi connectivity index (χ2v) is 3.87. The highest BCUT2D eigenvalue weighted by Crippen LogP contribution is 2.14. The normalized spacial score (nSPS) is 11.6. The van der Waals surface area contributed by atoms with Crippen LogP contribution in [0.15, 0.2) is 28.1 Å². The van der Waals surface area contributed by atoms with Crippen LogP contribution in [0.25, 0.3) is 11.0 Å². The molecule has 7 heteroatoms. The van der Waals surface area contributed by atoms with Gasteiger partial charge in [-0.3, -0.25) is 5.43 Å². The average molecular weight is 262 g/mol. The topological polar surface area (TPSA) is 99.3 Å². The third-order valence-electron chi connectivity index (χ3n) is 2.44. The number of carbonyl (C=O) groups is 1. The number of benzene rings is 1. The first-order chi connectivity index (χ1) is 9.10. The Hall–Kier alpha value is -2.57. The number of hydrazone groups is 1. The van der Waals surface area contributed by atoms with Gasteiger partial charge in [0.25, 0.3) is 0 Å². The van der Waals surface area contributed by atoms with Crippen molar-refractivity contribution in [2.45, 2.75) is 13.8 Å². The van der Waals surface area contributed by atoms with Gasteiger partial charge in [0, 0.05) is 0 Å². The molecule has 0 spiro atoms. The molecule has 0 radical (unpaired) electrons. The molecule has 0 fully saturated rings. The number of aromatic amines is 2. The number of imidazole rings is 1. The predicted octanol–water partition coefficient (Wildman–Crippen LogP) is 1.21. The number of anilines is 1. The molecule has 7 nitrogen and oxygen atoms in total. The minimum Gasteiger partial charge on any atom is -0.461 e. The molecule has 0 amide bonds. The van der Waals surface area contributed by atoms with E-state index in [1.54, 1.807) is 32.0 Å². The fourth-order valence-electron chi connectivity index (χ4n) is 1.53. The van der Waals surface area contributed by atoms with Gasteiger partial charge in [0.05, 0.1) is 23.3 Å². The Bertz CT molecular complexity index is 684. The summed E-state index contributed by atoms with van der Waals surface area (Å²) < 4.78 is 4.80. The van der Waals surface area contributed by atoms with E-state index in [4.69, 9.17) is 4.74 Å². The molecule has 100 valence electrons. The molecule has 0 saturated heterocycles. The first kappa shape index (κ1) is 12.9. The van der Waals surface area contributed by atoms with E-state index in [0.717, 1.165) is 0 Å². The SMILES string of the molecule is CCOC(=O)/C(C)=N\Nc1ccc2[nH]c(=O)[nH]c2c1. The average Bonchev–Trinajstić information content (AvgIpc) is 2.75. The number of hydrogen-bond acceptors (Lipinski definition) is 5. The van der Waals surface area contributed by atoms with Gasteiger partial charge >= 0.3 is 11.7 Å². The largest absolute Gasteiger partial charge is 0.461 e. The summed E-state index contributed by atoms with van der Waals surface area (Å²) in [6.07, 6.45) is 0. The quantitative estimate of drug-likeness (QED) is 0.438. The van der Waals surface area contributed by atoms with E-state index in [-0.39, 0.29) is 11.4 Å². The van der Waals surface area contributed by atoms with Gasteiger partial charge in [0.15, 0.2) is 0 Å². The van der Waals surface area contributed by atoms with Crippen LogP contribution in [0.4, 0.5) is 5.69 Å². The molecular weight excluding hydrogens is 248 g/mol. The Kier molecular flexibility index (Phi) is 3.65. The number of esters is 1. The molecule has 1 heterocycles. The van der Waals surface area contributed by atoms with Gasteiger partial charge in [-0.2, -0.15) is 5.10 Å². The molecule has 1 aromatic heterocycles. The molecule has 0 bridgehead atoms. The van der Waals surface area contributed by atoms with Crippen molar-refractivity contribution in [3.05, 3.63) is 28.7 Å². The number of ether oxygens (including phenoxy) is 1. The minimum atomic E-state index is -0.467. The van der Waals surface area contributed by atoms with Crippen molar-refractivity contribution < 1.29 is 9.53 Å². The van der Waals surface area contributed by atoms with Crippen molar-refractivity contribution >= 4 is 28.4 Å². The van der Waals surface area contributed by atoms with Crippen molar-refractivity contribution in [2.24, 2.45) is 5.10 Å². The maximum atomic E-state index is 11.3. The Balaban J connectivity index is 2.15. The highest BCUT2D eigenvalue weighted by atomic mass is 16.5. The van der Waals surface area contributed by atoms with E-state index in [1.807, 2.05) is 0 Å². The molecule has 19 heavy (non-hydrogen) atoms. The molecule has 3 N–H and O–H groups in total. The lowest BCUT2D eigenvalue weighted by atomic mass is 10.3. The smallest absolute Gasteiger partial charge is 0.354 e. The first-order valence-corrected chi connectivity index (χ1v) is 5.79. The van der Waals surface area contributed by atoms with E-state index in [1.165, 1.54) is 0 Å². The summed E-state index contributed by atoms with van der Waals surface area (Å²) in [5.74, 6) is -0.467. The van der Waals surface area contributed by atoms with Crippen LogP contribution >= 0.6 is 0 Å². The lowest BCUT2D eigenvalue weighted by Gasteiger charge is -2.03. The number of nitrogens with one attached hydrogen (secondary N) is 3. The highest BCUT2D eigenvalue weighted by Gasteiger charge is 2.06. The van der Waals surface area contributed by atoms with Gasteiger partial charge < -0.3 is 14.7 Å². The van der Waals surface area contributed by atoms with Crippen LogP contribution in [-0.4, -0.2) is 28.3 Å². The zero-order valence-electron chi connectivity index (χ0n) is 10.6. The number of hydrogen-bond donors (Lipinski definition) is 3. The second kappa shape index (κ2) is 5.38. The summed E-state index contributed by atoms with van der Waals surface area (Å²) in [5.41, 5.74) is 4.73. The van der Waals surface area contributed by atoms with Crippen LogP contribution in [0.2, 0.25) is 0 Å². The number of nitrogens with zero attached hydrogens (tertiary/aromatic N) is 1. The molecule has 0 aliphatic carbocycles. The maximum Gasteiger partial charge on any atom is 0.354 e. The number of fused-ring (bicyclic) bond motifs is 1. The first-order valence-electron chi connectivity index (χ1n) is 5.79. The third-order valence-corrected chi connectivity index (χ3v) is 2.44. The molecule has 2 rings (SSSR count). The van der Waals surface area contributed by atoms with E-state index in [0.29, 0.717) is 23.3 Å². The van der Waals surface area contributed by atoms with E-state index >= 15 is 0 Å². The number of H-pyrrole nitrogens is 2. The lowest BCUT2D eigenvalue weighted by Crippen LogP contribution is -2.15. The standard InChI is InChI=1S/C12H14N4O3/c1-3-19-11(17)7(2)15-16-8-4-5-9-10(6-8)14-12(18)13-9/h4-6,16H,3H2,1-2H3,(H2,13,14,18)/b15-7-. The molecule has 0 saturated carbocycles. The van der Waals surface area contributed by atoms with E-state index < -0.39 is 5.97 Å². The Morgan fingerprint density at radius 3 is 2.84 bits per heavy atom. The number of aromatic nitrogens is 2. The summed E-state index contributed by atoms with van der Waals surface area (Å²) in [4.78, 5) is 27.7. The lowest BCUT2D eigenvalue weighted by molar-refractivity contribution is -0.135. The van der Waals surface area contributed by atoms with Gasteiger partial charge in [0.1, 0.15) is 5.71 Å². The van der Waals surface area contributed by atoms with Crippen molar-refractivity contribution in [3.63, 3.8) is 0 Å². The summed E-state index contributed by atoms with van der Waals surface area (Å²) >= 11 is 0. The number of carbonyl (C=O) groups excluding carboxylic acids is 1. The molecule has 0 atom stereocenters. The van der Waals surface area contributed by atoms with Crippen LogP contribution in [0.1, 0.15) is 13.8 Å². The monoisotopic (exact) mass is 262 g/mol. The molecule has 0 aliphatic heterocycles. The Labute approximate surface area is 108 Å². The third kappa shape index (κ3) is 3.01. The van der Waals surface area contributed by atoms with Gasteiger partial charge in [-0.25, -0.2) is 9.59 Å². The van der Waals surface area contributed by atoms with Crippen LogP contribution < -0.4 is 11.1 Å². The zero-order chi connectivity index (χ0) is 13.8. The fraction of sp³-hybridized carbons (Fsp3) is 0.250. The van der Waals surface area contributed by atoms with Gasteiger partial charge in [-0.05, 0) is 32.0 Å². The van der Waals surface area contributed by atoms with Gasteiger partial charge in [-0.1, -0.05) is 0 Å². The summed E-state index contributed by atoms with van der Waals surface area (Å²) in [5, 5.41) is 3.92. The van der Waals surface area contributed by atoms with Crippen LogP contribution in [0.5, 0.6) is 0 Å². The van der Waals surface area contributed by atoms with Crippen LogP contribution in [0.3, 0.4) is 0 Å². The minimum absolute atomic E-state index is 0.226. The highest BCUT2D eigenvalue weighted by molar-refractivity contribution is 6.35. The summed E-state index contributed by atoms with van der Waals surface area (Å²) in [7, 11) is 0. The molecule has 0 aliphatic rings. The zero-order valence-corrected chi connectivity index (χ0v) is 10.6. The van der Waals surface area contributed by atoms with Crippen molar-refractivity contribution in [2.75, 3.05) is 12.0 Å². The maximum absolute atomic E-state index is 11.3. The predicted molar refractivity (Wildman–Crippen MR) is 72.3 cm³/mol. The van der Waals surface area contributed by atoms with Crippen LogP contribution in [-0.2, 0) is 9.53 Å². The molecule has 2 aromatic rings. The van der Waals surface area contributed by atoms with E-state index in [9.17, 15) is 9.59 Å². The van der Waals surface area contributed by atoms with E-state index in [2.05, 4.69) is 20.5 Å². The van der Waals surface area contributed by atoms with Gasteiger partial charge in [0.2, 0.25) is 0 Å². The molecular formula is C12H14N4O3. The second-order valence-electron chi connectivity index (χ2n) is 3.87. The van der Waals surface area contributed by atoms with Crippen molar-refractivity contribution in [1.82, 2.24) is 9.97 Å². The Morgan fingerprint density at radius 1 is 1.37 bits per heavy atom. The van der Waals surface area contributed by atoms with Crippen LogP contribution in [0, 0.1) is 0 Å². The molecule has 0 unspecified atom stereocenters. The molecule has 1 aromatic carbocycles.